The van der Waals surface area contributed by atoms with Crippen molar-refractivity contribution >= 4 is 39.8 Å². The summed E-state index contributed by atoms with van der Waals surface area (Å²) in [6.07, 6.45) is -2.32. The lowest BCUT2D eigenvalue weighted by Gasteiger charge is -2.24. The predicted molar refractivity (Wildman–Crippen MR) is 94.1 cm³/mol. The minimum absolute atomic E-state index is 0.321. The third-order valence-electron chi connectivity index (χ3n) is 4.83. The van der Waals surface area contributed by atoms with Gasteiger partial charge >= 0.3 is 12.2 Å². The number of hydrogen-bond donors (Lipinski definition) is 2. The lowest BCUT2D eigenvalue weighted by Crippen LogP contribution is -2.40. The molecule has 1 spiro atoms. The first-order valence-corrected chi connectivity index (χ1v) is 9.10. The average Bonchev–Trinajstić information content (AvgIpc) is 3.28. The maximum Gasteiger partial charge on any atom is 0.416 e. The van der Waals surface area contributed by atoms with Gasteiger partial charge in [0.25, 0.3) is 0 Å². The number of fused-ring (bicyclic) bond motifs is 2. The highest BCUT2D eigenvalue weighted by Crippen LogP contribution is 2.46. The van der Waals surface area contributed by atoms with E-state index in [9.17, 15) is 18.0 Å². The quantitative estimate of drug-likeness (QED) is 0.755. The highest BCUT2D eigenvalue weighted by atomic mass is 35.5. The van der Waals surface area contributed by atoms with Crippen molar-refractivity contribution in [1.29, 1.82) is 0 Å². The van der Waals surface area contributed by atoms with E-state index in [0.29, 0.717) is 46.8 Å². The molecular formula is C16H14ClF3N4OS. The van der Waals surface area contributed by atoms with Crippen molar-refractivity contribution in [2.24, 2.45) is 0 Å². The molecule has 138 valence electrons. The lowest BCUT2D eigenvalue weighted by molar-refractivity contribution is -0.137. The van der Waals surface area contributed by atoms with Crippen LogP contribution >= 0.6 is 22.9 Å². The van der Waals surface area contributed by atoms with Gasteiger partial charge in [-0.2, -0.15) is 13.2 Å². The number of nitrogens with zero attached hydrogens (tertiary/aromatic N) is 2. The van der Waals surface area contributed by atoms with E-state index >= 15 is 0 Å². The molecule has 2 aliphatic heterocycles. The molecule has 0 saturated carbocycles. The number of carbonyl (C=O) groups excluding carboxylic acids is 1. The van der Waals surface area contributed by atoms with Gasteiger partial charge in [-0.25, -0.2) is 9.78 Å². The van der Waals surface area contributed by atoms with Gasteiger partial charge in [-0.3, -0.25) is 10.2 Å². The Balaban J connectivity index is 1.70. The van der Waals surface area contributed by atoms with Gasteiger partial charge < -0.3 is 5.32 Å². The van der Waals surface area contributed by atoms with E-state index in [0.717, 1.165) is 17.4 Å². The van der Waals surface area contributed by atoms with Crippen LogP contribution < -0.4 is 15.5 Å². The first-order valence-electron chi connectivity index (χ1n) is 7.91. The summed E-state index contributed by atoms with van der Waals surface area (Å²) in [6.45, 7) is 1.56. The molecule has 1 saturated heterocycles. The summed E-state index contributed by atoms with van der Waals surface area (Å²) in [5.41, 5.74) is -0.142. The second kappa shape index (κ2) is 6.11. The summed E-state index contributed by atoms with van der Waals surface area (Å²) in [6, 6.07) is 3.14. The number of anilines is 2. The Morgan fingerprint density at radius 2 is 2.23 bits per heavy atom. The minimum atomic E-state index is -4.42. The smallest absolute Gasteiger partial charge is 0.316 e. The maximum atomic E-state index is 13.1. The molecule has 1 unspecified atom stereocenters. The average molecular weight is 403 g/mol. The van der Waals surface area contributed by atoms with Gasteiger partial charge in [0.05, 0.1) is 11.8 Å². The molecule has 3 heterocycles. The summed E-state index contributed by atoms with van der Waals surface area (Å²) in [7, 11) is 0. The van der Waals surface area contributed by atoms with Crippen molar-refractivity contribution in [2.45, 2.75) is 18.0 Å². The van der Waals surface area contributed by atoms with Gasteiger partial charge in [-0.15, -0.1) is 0 Å². The van der Waals surface area contributed by atoms with E-state index in [2.05, 4.69) is 15.6 Å². The van der Waals surface area contributed by atoms with Crippen molar-refractivity contribution in [3.05, 3.63) is 39.9 Å². The molecule has 0 bridgehead atoms. The van der Waals surface area contributed by atoms with E-state index in [-0.39, 0.29) is 0 Å². The third-order valence-corrected chi connectivity index (χ3v) is 5.86. The SMILES string of the molecule is O=C(Nc1ncc(Cl)s1)N1CC2(CCNC2)c2cc(C(F)(F)F)ccc21. The fraction of sp³-hybridized carbons (Fsp3) is 0.375. The predicted octanol–water partition coefficient (Wildman–Crippen LogP) is 4.10. The van der Waals surface area contributed by atoms with Gasteiger partial charge in [0.1, 0.15) is 4.34 Å². The molecule has 1 aromatic carbocycles. The van der Waals surface area contributed by atoms with Crippen LogP contribution in [0.15, 0.2) is 24.4 Å². The van der Waals surface area contributed by atoms with Crippen LogP contribution in [0.25, 0.3) is 0 Å². The van der Waals surface area contributed by atoms with Crippen LogP contribution in [0, 0.1) is 0 Å². The van der Waals surface area contributed by atoms with Crippen LogP contribution in [-0.4, -0.2) is 30.6 Å². The lowest BCUT2D eigenvalue weighted by atomic mass is 9.81. The molecule has 2 aliphatic rings. The fourth-order valence-electron chi connectivity index (χ4n) is 3.61. The molecule has 10 heteroatoms. The number of urea groups is 1. The number of alkyl halides is 3. The standard InChI is InChI=1S/C16H14ClF3N4OS/c17-12-6-22-13(26-12)23-14(25)24-8-15(3-4-21-7-15)10-5-9(16(18,19)20)1-2-11(10)24/h1-2,5-6,21H,3-4,7-8H2,(H,22,23,25). The minimum Gasteiger partial charge on any atom is -0.316 e. The number of amides is 2. The Morgan fingerprint density at radius 3 is 2.85 bits per heavy atom. The Bertz CT molecular complexity index is 863. The third kappa shape index (κ3) is 2.93. The molecule has 1 atom stereocenters. The summed E-state index contributed by atoms with van der Waals surface area (Å²) in [5, 5.41) is 6.21. The number of hydrogen-bond acceptors (Lipinski definition) is 4. The van der Waals surface area contributed by atoms with E-state index in [1.54, 1.807) is 0 Å². The van der Waals surface area contributed by atoms with E-state index in [1.165, 1.54) is 23.2 Å². The Labute approximate surface area is 156 Å². The zero-order chi connectivity index (χ0) is 18.5. The molecule has 2 N–H and O–H groups in total. The van der Waals surface area contributed by atoms with Gasteiger partial charge in [-0.1, -0.05) is 22.9 Å². The molecule has 5 nitrogen and oxygen atoms in total. The van der Waals surface area contributed by atoms with Crippen LogP contribution in [0.2, 0.25) is 4.34 Å². The van der Waals surface area contributed by atoms with Crippen molar-refractivity contribution in [3.63, 3.8) is 0 Å². The highest BCUT2D eigenvalue weighted by molar-refractivity contribution is 7.19. The van der Waals surface area contributed by atoms with Gasteiger partial charge in [0.15, 0.2) is 5.13 Å². The molecule has 1 aromatic heterocycles. The van der Waals surface area contributed by atoms with Crippen LogP contribution in [0.3, 0.4) is 0 Å². The van der Waals surface area contributed by atoms with E-state index in [4.69, 9.17) is 11.6 Å². The number of nitrogens with one attached hydrogen (secondary N) is 2. The van der Waals surface area contributed by atoms with E-state index < -0.39 is 23.2 Å². The number of thiazole rings is 1. The van der Waals surface area contributed by atoms with Crippen LogP contribution in [0.1, 0.15) is 17.5 Å². The maximum absolute atomic E-state index is 13.1. The van der Waals surface area contributed by atoms with E-state index in [1.807, 2.05) is 0 Å². The number of halogens is 4. The van der Waals surface area contributed by atoms with Crippen LogP contribution in [-0.2, 0) is 11.6 Å². The van der Waals surface area contributed by atoms with Gasteiger partial charge in [0, 0.05) is 24.2 Å². The second-order valence-electron chi connectivity index (χ2n) is 6.42. The number of carbonyl (C=O) groups is 1. The second-order valence-corrected chi connectivity index (χ2v) is 8.08. The molecule has 1 fully saturated rings. The zero-order valence-electron chi connectivity index (χ0n) is 13.4. The van der Waals surface area contributed by atoms with Crippen molar-refractivity contribution in [2.75, 3.05) is 29.9 Å². The normalized spacial score (nSPS) is 22.1. The molecule has 0 aliphatic carbocycles. The first-order chi connectivity index (χ1) is 12.3. The van der Waals surface area contributed by atoms with Crippen LogP contribution in [0.5, 0.6) is 0 Å². The Hall–Kier alpha value is -1.84. The van der Waals surface area contributed by atoms with Gasteiger partial charge in [-0.05, 0) is 36.7 Å². The topological polar surface area (TPSA) is 57.3 Å². The highest BCUT2D eigenvalue weighted by Gasteiger charge is 2.47. The molecule has 0 radical (unpaired) electrons. The summed E-state index contributed by atoms with van der Waals surface area (Å²) in [5.74, 6) is 0. The number of aromatic nitrogens is 1. The number of benzene rings is 1. The summed E-state index contributed by atoms with van der Waals surface area (Å²) < 4.78 is 39.9. The summed E-state index contributed by atoms with van der Waals surface area (Å²) in [4.78, 5) is 18.2. The van der Waals surface area contributed by atoms with Crippen molar-refractivity contribution in [3.8, 4) is 0 Å². The largest absolute Gasteiger partial charge is 0.416 e. The van der Waals surface area contributed by atoms with Crippen molar-refractivity contribution < 1.29 is 18.0 Å². The van der Waals surface area contributed by atoms with Crippen LogP contribution in [0.4, 0.5) is 28.8 Å². The van der Waals surface area contributed by atoms with Crippen molar-refractivity contribution in [1.82, 2.24) is 10.3 Å². The molecule has 2 aromatic rings. The first kappa shape index (κ1) is 17.6. The Kier molecular flexibility index (Phi) is 4.13. The molecular weight excluding hydrogens is 389 g/mol. The molecule has 26 heavy (non-hydrogen) atoms. The Morgan fingerprint density at radius 1 is 1.42 bits per heavy atom. The van der Waals surface area contributed by atoms with Gasteiger partial charge in [0.2, 0.25) is 0 Å². The molecule has 4 rings (SSSR count). The molecule has 2 amide bonds. The summed E-state index contributed by atoms with van der Waals surface area (Å²) >= 11 is 6.94. The number of rotatable bonds is 1. The zero-order valence-corrected chi connectivity index (χ0v) is 14.9. The fourth-order valence-corrected chi connectivity index (χ4v) is 4.41. The monoisotopic (exact) mass is 402 g/mol.